The predicted octanol–water partition coefficient (Wildman–Crippen LogP) is 1.31. The van der Waals surface area contributed by atoms with Gasteiger partial charge in [-0.15, -0.1) is 0 Å². The number of halogens is 1. The van der Waals surface area contributed by atoms with Crippen molar-refractivity contribution in [3.8, 4) is 0 Å². The highest BCUT2D eigenvalue weighted by Gasteiger charge is 2.19. The summed E-state index contributed by atoms with van der Waals surface area (Å²) < 4.78 is 14.4. The molecule has 1 aliphatic heterocycles. The summed E-state index contributed by atoms with van der Waals surface area (Å²) in [5.41, 5.74) is 2.33. The molecule has 1 fully saturated rings. The standard InChI is InChI=1S/C11H18BrN3OS/c1-3-9-11(12)10(14(2)13-9)8-15-4-6-17(16)7-5-15/h3-8H2,1-2H3. The minimum atomic E-state index is -0.602. The van der Waals surface area contributed by atoms with E-state index < -0.39 is 10.8 Å². The lowest BCUT2D eigenvalue weighted by atomic mass is 10.3. The zero-order valence-electron chi connectivity index (χ0n) is 10.3. The van der Waals surface area contributed by atoms with E-state index in [1.165, 1.54) is 5.69 Å². The maximum absolute atomic E-state index is 11.3. The average Bonchev–Trinajstić information content (AvgIpc) is 2.59. The Kier molecular flexibility index (Phi) is 4.38. The molecule has 1 saturated heterocycles. The maximum atomic E-state index is 11.3. The summed E-state index contributed by atoms with van der Waals surface area (Å²) in [5.74, 6) is 1.60. The van der Waals surface area contributed by atoms with Crippen molar-refractivity contribution in [2.45, 2.75) is 19.9 Å². The van der Waals surface area contributed by atoms with Crippen LogP contribution in [0.15, 0.2) is 4.47 Å². The Morgan fingerprint density at radius 2 is 2.06 bits per heavy atom. The Labute approximate surface area is 113 Å². The summed E-state index contributed by atoms with van der Waals surface area (Å²) >= 11 is 3.63. The molecule has 0 aromatic carbocycles. The van der Waals surface area contributed by atoms with Gasteiger partial charge in [0.2, 0.25) is 0 Å². The molecule has 0 amide bonds. The molecule has 1 aromatic heterocycles. The van der Waals surface area contributed by atoms with Gasteiger partial charge in [-0.3, -0.25) is 13.8 Å². The molecule has 0 radical (unpaired) electrons. The van der Waals surface area contributed by atoms with Crippen molar-refractivity contribution in [1.82, 2.24) is 14.7 Å². The quantitative estimate of drug-likeness (QED) is 0.843. The first-order chi connectivity index (χ1) is 8.11. The van der Waals surface area contributed by atoms with Crippen molar-refractivity contribution >= 4 is 26.7 Å². The Balaban J connectivity index is 2.08. The van der Waals surface area contributed by atoms with Gasteiger partial charge in [0.25, 0.3) is 0 Å². The van der Waals surface area contributed by atoms with Crippen LogP contribution in [0.1, 0.15) is 18.3 Å². The normalized spacial score (nSPS) is 18.8. The fourth-order valence-electron chi connectivity index (χ4n) is 2.04. The van der Waals surface area contributed by atoms with Crippen LogP contribution < -0.4 is 0 Å². The van der Waals surface area contributed by atoms with E-state index >= 15 is 0 Å². The number of hydrogen-bond donors (Lipinski definition) is 0. The van der Waals surface area contributed by atoms with Crippen molar-refractivity contribution in [3.05, 3.63) is 15.9 Å². The minimum Gasteiger partial charge on any atom is -0.296 e. The first-order valence-electron chi connectivity index (χ1n) is 5.89. The smallest absolute Gasteiger partial charge is 0.0767 e. The Bertz CT molecular complexity index is 423. The second-order valence-corrected chi connectivity index (χ2v) is 6.80. The van der Waals surface area contributed by atoms with E-state index in [9.17, 15) is 4.21 Å². The van der Waals surface area contributed by atoms with Crippen LogP contribution in [0, 0.1) is 0 Å². The Morgan fingerprint density at radius 1 is 1.41 bits per heavy atom. The molecular formula is C11H18BrN3OS. The first kappa shape index (κ1) is 13.2. The van der Waals surface area contributed by atoms with Crippen LogP contribution in [0.2, 0.25) is 0 Å². The van der Waals surface area contributed by atoms with Crippen LogP contribution in [-0.2, 0) is 30.8 Å². The van der Waals surface area contributed by atoms with Gasteiger partial charge in [0.05, 0.1) is 15.9 Å². The number of aryl methyl sites for hydroxylation is 2. The van der Waals surface area contributed by atoms with Crippen molar-refractivity contribution in [2.24, 2.45) is 7.05 Å². The summed E-state index contributed by atoms with van der Waals surface area (Å²) in [6.07, 6.45) is 0.943. The number of aromatic nitrogens is 2. The lowest BCUT2D eigenvalue weighted by Crippen LogP contribution is -2.37. The molecule has 0 bridgehead atoms. The molecule has 2 rings (SSSR count). The fraction of sp³-hybridized carbons (Fsp3) is 0.727. The van der Waals surface area contributed by atoms with Crippen LogP contribution in [0.4, 0.5) is 0 Å². The third kappa shape index (κ3) is 2.98. The van der Waals surface area contributed by atoms with E-state index in [0.717, 1.165) is 47.7 Å². The molecule has 1 aliphatic rings. The van der Waals surface area contributed by atoms with Crippen LogP contribution >= 0.6 is 15.9 Å². The van der Waals surface area contributed by atoms with Gasteiger partial charge in [0.15, 0.2) is 0 Å². The zero-order chi connectivity index (χ0) is 12.4. The molecule has 96 valence electrons. The molecule has 1 aromatic rings. The predicted molar refractivity (Wildman–Crippen MR) is 73.4 cm³/mol. The van der Waals surface area contributed by atoms with E-state index in [-0.39, 0.29) is 0 Å². The van der Waals surface area contributed by atoms with E-state index in [1.54, 1.807) is 0 Å². The van der Waals surface area contributed by atoms with Gasteiger partial charge in [-0.25, -0.2) is 0 Å². The number of rotatable bonds is 3. The molecule has 0 N–H and O–H groups in total. The van der Waals surface area contributed by atoms with E-state index in [2.05, 4.69) is 32.9 Å². The molecule has 0 aliphatic carbocycles. The molecule has 6 heteroatoms. The van der Waals surface area contributed by atoms with Crippen LogP contribution in [0.3, 0.4) is 0 Å². The highest BCUT2D eigenvalue weighted by Crippen LogP contribution is 2.23. The topological polar surface area (TPSA) is 38.1 Å². The summed E-state index contributed by atoms with van der Waals surface area (Å²) in [6, 6.07) is 0. The van der Waals surface area contributed by atoms with Gasteiger partial charge in [0.1, 0.15) is 0 Å². The van der Waals surface area contributed by atoms with Gasteiger partial charge in [-0.1, -0.05) is 6.92 Å². The van der Waals surface area contributed by atoms with E-state index in [4.69, 9.17) is 0 Å². The number of nitrogens with zero attached hydrogens (tertiary/aromatic N) is 3. The summed E-state index contributed by atoms with van der Waals surface area (Å²) in [7, 11) is 1.39. The van der Waals surface area contributed by atoms with Crippen LogP contribution in [0.25, 0.3) is 0 Å². The lowest BCUT2D eigenvalue weighted by molar-refractivity contribution is 0.283. The van der Waals surface area contributed by atoms with Crippen LogP contribution in [0.5, 0.6) is 0 Å². The highest BCUT2D eigenvalue weighted by atomic mass is 79.9. The summed E-state index contributed by atoms with van der Waals surface area (Å²) in [5, 5.41) is 4.49. The van der Waals surface area contributed by atoms with Gasteiger partial charge in [0, 0.05) is 49.0 Å². The third-order valence-corrected chi connectivity index (χ3v) is 5.34. The lowest BCUT2D eigenvalue weighted by Gasteiger charge is -2.26. The monoisotopic (exact) mass is 319 g/mol. The second-order valence-electron chi connectivity index (χ2n) is 4.31. The van der Waals surface area contributed by atoms with Crippen molar-refractivity contribution < 1.29 is 4.21 Å². The molecule has 4 nitrogen and oxygen atoms in total. The molecule has 2 heterocycles. The van der Waals surface area contributed by atoms with Gasteiger partial charge in [-0.2, -0.15) is 5.10 Å². The molecule has 0 spiro atoms. The number of hydrogen-bond acceptors (Lipinski definition) is 3. The van der Waals surface area contributed by atoms with Crippen LogP contribution in [-0.4, -0.2) is 43.5 Å². The van der Waals surface area contributed by atoms with Crippen molar-refractivity contribution in [1.29, 1.82) is 0 Å². The second kappa shape index (κ2) is 5.63. The highest BCUT2D eigenvalue weighted by molar-refractivity contribution is 9.10. The SMILES string of the molecule is CCc1nn(C)c(CN2CCS(=O)CC2)c1Br. The van der Waals surface area contributed by atoms with Gasteiger partial charge in [-0.05, 0) is 22.4 Å². The summed E-state index contributed by atoms with van der Waals surface area (Å²) in [4.78, 5) is 2.35. The largest absolute Gasteiger partial charge is 0.296 e. The fourth-order valence-corrected chi connectivity index (χ4v) is 3.91. The molecule has 0 saturated carbocycles. The van der Waals surface area contributed by atoms with Gasteiger partial charge >= 0.3 is 0 Å². The third-order valence-electron chi connectivity index (χ3n) is 3.15. The van der Waals surface area contributed by atoms with Gasteiger partial charge < -0.3 is 0 Å². The first-order valence-corrected chi connectivity index (χ1v) is 8.17. The van der Waals surface area contributed by atoms with E-state index in [0.29, 0.717) is 0 Å². The molecule has 0 atom stereocenters. The molecule has 0 unspecified atom stereocenters. The zero-order valence-corrected chi connectivity index (χ0v) is 12.7. The average molecular weight is 320 g/mol. The Morgan fingerprint density at radius 3 is 2.59 bits per heavy atom. The van der Waals surface area contributed by atoms with Crippen molar-refractivity contribution in [2.75, 3.05) is 24.6 Å². The maximum Gasteiger partial charge on any atom is 0.0767 e. The molecular weight excluding hydrogens is 302 g/mol. The van der Waals surface area contributed by atoms with Crippen molar-refractivity contribution in [3.63, 3.8) is 0 Å². The minimum absolute atomic E-state index is 0.602. The summed E-state index contributed by atoms with van der Waals surface area (Å²) in [6.45, 7) is 4.85. The Hall–Kier alpha value is -0.200. The molecule has 17 heavy (non-hydrogen) atoms. The van der Waals surface area contributed by atoms with E-state index in [1.807, 2.05) is 11.7 Å².